The molecule has 2 rings (SSSR count). The molecule has 0 aliphatic heterocycles. The zero-order valence-corrected chi connectivity index (χ0v) is 12.5. The Kier molecular flexibility index (Phi) is 6.11. The van der Waals surface area contributed by atoms with Gasteiger partial charge in [-0.25, -0.2) is 9.18 Å². The van der Waals surface area contributed by atoms with Gasteiger partial charge in [0.15, 0.2) is 0 Å². The molecule has 0 aromatic heterocycles. The van der Waals surface area contributed by atoms with Crippen LogP contribution in [0.4, 0.5) is 14.9 Å². The Balaban J connectivity index is 1.62. The zero-order valence-electron chi connectivity index (χ0n) is 12.5. The number of nitrogens with one attached hydrogen (secondary N) is 3. The van der Waals surface area contributed by atoms with Crippen LogP contribution in [0.15, 0.2) is 54.6 Å². The van der Waals surface area contributed by atoms with E-state index in [4.69, 9.17) is 0 Å². The first-order valence-electron chi connectivity index (χ1n) is 7.24. The van der Waals surface area contributed by atoms with E-state index in [1.54, 1.807) is 24.3 Å². The van der Waals surface area contributed by atoms with E-state index in [-0.39, 0.29) is 30.7 Å². The molecule has 0 fully saturated rings. The molecule has 5 nitrogen and oxygen atoms in total. The van der Waals surface area contributed by atoms with E-state index in [0.29, 0.717) is 12.2 Å². The average molecular weight is 315 g/mol. The summed E-state index contributed by atoms with van der Waals surface area (Å²) in [7, 11) is 0. The summed E-state index contributed by atoms with van der Waals surface area (Å²) in [6.45, 7) is 0.559. The predicted molar refractivity (Wildman–Crippen MR) is 86.3 cm³/mol. The maximum Gasteiger partial charge on any atom is 0.319 e. The van der Waals surface area contributed by atoms with Gasteiger partial charge < -0.3 is 16.0 Å². The molecule has 0 spiro atoms. The first-order chi connectivity index (χ1) is 11.1. The Labute approximate surface area is 133 Å². The third-order valence-electron chi connectivity index (χ3n) is 3.07. The normalized spacial score (nSPS) is 9.96. The maximum absolute atomic E-state index is 12.8. The highest BCUT2D eigenvalue weighted by atomic mass is 19.1. The van der Waals surface area contributed by atoms with Crippen LogP contribution in [0.3, 0.4) is 0 Å². The maximum atomic E-state index is 12.8. The highest BCUT2D eigenvalue weighted by molar-refractivity contribution is 5.89. The fourth-order valence-corrected chi connectivity index (χ4v) is 1.88. The predicted octanol–water partition coefficient (Wildman–Crippen LogP) is 2.65. The molecule has 2 aromatic rings. The second kappa shape index (κ2) is 8.53. The van der Waals surface area contributed by atoms with Crippen LogP contribution in [0.25, 0.3) is 0 Å². The van der Waals surface area contributed by atoms with Gasteiger partial charge in [0, 0.05) is 25.2 Å². The molecule has 0 bridgehead atoms. The van der Waals surface area contributed by atoms with Gasteiger partial charge in [-0.3, -0.25) is 4.79 Å². The van der Waals surface area contributed by atoms with Gasteiger partial charge in [-0.2, -0.15) is 0 Å². The number of carbonyl (C=O) groups excluding carboxylic acids is 2. The van der Waals surface area contributed by atoms with Crippen LogP contribution in [0, 0.1) is 5.82 Å². The minimum Gasteiger partial charge on any atom is -0.352 e. The molecule has 0 atom stereocenters. The summed E-state index contributed by atoms with van der Waals surface area (Å²) >= 11 is 0. The summed E-state index contributed by atoms with van der Waals surface area (Å²) in [5, 5.41) is 7.98. The number of halogens is 1. The van der Waals surface area contributed by atoms with Crippen molar-refractivity contribution in [3.8, 4) is 0 Å². The van der Waals surface area contributed by atoms with Gasteiger partial charge in [-0.15, -0.1) is 0 Å². The second-order valence-electron chi connectivity index (χ2n) is 4.90. The molecule has 23 heavy (non-hydrogen) atoms. The van der Waals surface area contributed by atoms with Gasteiger partial charge in [0.1, 0.15) is 5.82 Å². The SMILES string of the molecule is O=C(CCNC(=O)Nc1ccccc1)NCc1ccc(F)cc1. The lowest BCUT2D eigenvalue weighted by molar-refractivity contribution is -0.121. The van der Waals surface area contributed by atoms with Crippen molar-refractivity contribution < 1.29 is 14.0 Å². The molecular weight excluding hydrogens is 297 g/mol. The Morgan fingerprint density at radius 3 is 2.30 bits per heavy atom. The minimum atomic E-state index is -0.359. The monoisotopic (exact) mass is 315 g/mol. The van der Waals surface area contributed by atoms with E-state index < -0.39 is 0 Å². The number of rotatable bonds is 6. The van der Waals surface area contributed by atoms with E-state index in [1.165, 1.54) is 12.1 Å². The number of para-hydroxylation sites is 1. The molecule has 0 saturated heterocycles. The number of amides is 3. The van der Waals surface area contributed by atoms with Gasteiger partial charge in [-0.05, 0) is 29.8 Å². The molecule has 6 heteroatoms. The van der Waals surface area contributed by atoms with Gasteiger partial charge >= 0.3 is 6.03 Å². The third kappa shape index (κ3) is 6.17. The van der Waals surface area contributed by atoms with Crippen molar-refractivity contribution in [2.45, 2.75) is 13.0 Å². The topological polar surface area (TPSA) is 70.2 Å². The van der Waals surface area contributed by atoms with Crippen LogP contribution >= 0.6 is 0 Å². The van der Waals surface area contributed by atoms with Crippen molar-refractivity contribution >= 4 is 17.6 Å². The number of urea groups is 1. The number of anilines is 1. The van der Waals surface area contributed by atoms with Gasteiger partial charge in [0.25, 0.3) is 0 Å². The lowest BCUT2D eigenvalue weighted by Crippen LogP contribution is -2.33. The molecule has 0 heterocycles. The van der Waals surface area contributed by atoms with Crippen LogP contribution < -0.4 is 16.0 Å². The Bertz CT molecular complexity index is 645. The van der Waals surface area contributed by atoms with Crippen LogP contribution in [0.1, 0.15) is 12.0 Å². The van der Waals surface area contributed by atoms with Crippen molar-refractivity contribution in [1.82, 2.24) is 10.6 Å². The summed E-state index contributed by atoms with van der Waals surface area (Å²) in [5.74, 6) is -0.497. The Hall–Kier alpha value is -2.89. The third-order valence-corrected chi connectivity index (χ3v) is 3.07. The summed E-state index contributed by atoms with van der Waals surface area (Å²) < 4.78 is 12.8. The minimum absolute atomic E-state index is 0.170. The van der Waals surface area contributed by atoms with E-state index in [1.807, 2.05) is 18.2 Å². The number of carbonyl (C=O) groups is 2. The average Bonchev–Trinajstić information content (AvgIpc) is 2.55. The van der Waals surface area contributed by atoms with Crippen LogP contribution in [0.2, 0.25) is 0 Å². The molecule has 0 saturated carbocycles. The summed E-state index contributed by atoms with van der Waals surface area (Å²) in [6.07, 6.45) is 0.170. The van der Waals surface area contributed by atoms with Crippen LogP contribution in [-0.2, 0) is 11.3 Å². The van der Waals surface area contributed by atoms with Crippen molar-refractivity contribution in [1.29, 1.82) is 0 Å². The lowest BCUT2D eigenvalue weighted by atomic mass is 10.2. The molecule has 0 aliphatic carbocycles. The largest absolute Gasteiger partial charge is 0.352 e. The molecule has 0 radical (unpaired) electrons. The molecule has 2 aromatic carbocycles. The second-order valence-corrected chi connectivity index (χ2v) is 4.90. The van der Waals surface area contributed by atoms with Crippen molar-refractivity contribution in [2.75, 3.05) is 11.9 Å². The first kappa shape index (κ1) is 16.5. The number of hydrogen-bond donors (Lipinski definition) is 3. The standard InChI is InChI=1S/C17H18FN3O2/c18-14-8-6-13(7-9-14)12-20-16(22)10-11-19-17(23)21-15-4-2-1-3-5-15/h1-9H,10-12H2,(H,20,22)(H2,19,21,23). The number of hydrogen-bond acceptors (Lipinski definition) is 2. The highest BCUT2D eigenvalue weighted by Crippen LogP contribution is 2.04. The molecule has 3 N–H and O–H groups in total. The quantitative estimate of drug-likeness (QED) is 0.767. The van der Waals surface area contributed by atoms with Crippen LogP contribution in [0.5, 0.6) is 0 Å². The Morgan fingerprint density at radius 1 is 0.913 bits per heavy atom. The van der Waals surface area contributed by atoms with E-state index in [9.17, 15) is 14.0 Å². The van der Waals surface area contributed by atoms with Crippen molar-refractivity contribution in [3.05, 3.63) is 66.0 Å². The molecular formula is C17H18FN3O2. The summed E-state index contributed by atoms with van der Waals surface area (Å²) in [5.41, 5.74) is 1.50. The van der Waals surface area contributed by atoms with E-state index in [2.05, 4.69) is 16.0 Å². The van der Waals surface area contributed by atoms with Gasteiger partial charge in [-0.1, -0.05) is 30.3 Å². The highest BCUT2D eigenvalue weighted by Gasteiger charge is 2.04. The fourth-order valence-electron chi connectivity index (χ4n) is 1.88. The molecule has 0 unspecified atom stereocenters. The van der Waals surface area contributed by atoms with Crippen molar-refractivity contribution in [2.24, 2.45) is 0 Å². The summed E-state index contributed by atoms with van der Waals surface area (Å²) in [4.78, 5) is 23.3. The fraction of sp³-hybridized carbons (Fsp3) is 0.176. The first-order valence-corrected chi connectivity index (χ1v) is 7.24. The summed E-state index contributed by atoms with van der Waals surface area (Å²) in [6, 6.07) is 14.6. The van der Waals surface area contributed by atoms with E-state index >= 15 is 0 Å². The molecule has 0 aliphatic rings. The lowest BCUT2D eigenvalue weighted by Gasteiger charge is -2.08. The van der Waals surface area contributed by atoms with Gasteiger partial charge in [0.2, 0.25) is 5.91 Å². The number of benzene rings is 2. The Morgan fingerprint density at radius 2 is 1.61 bits per heavy atom. The van der Waals surface area contributed by atoms with Gasteiger partial charge in [0.05, 0.1) is 0 Å². The molecule has 3 amide bonds. The zero-order chi connectivity index (χ0) is 16.5. The molecule has 120 valence electrons. The van der Waals surface area contributed by atoms with E-state index in [0.717, 1.165) is 5.56 Å². The smallest absolute Gasteiger partial charge is 0.319 e. The van der Waals surface area contributed by atoms with Crippen LogP contribution in [-0.4, -0.2) is 18.5 Å². The van der Waals surface area contributed by atoms with Crippen molar-refractivity contribution in [3.63, 3.8) is 0 Å².